The van der Waals surface area contributed by atoms with Crippen LogP contribution in [0.25, 0.3) is 0 Å². The van der Waals surface area contributed by atoms with Gasteiger partial charge in [-0.15, -0.1) is 0 Å². The van der Waals surface area contributed by atoms with Crippen molar-refractivity contribution in [1.82, 2.24) is 0 Å². The van der Waals surface area contributed by atoms with E-state index in [1.807, 2.05) is 6.07 Å². The second-order valence-corrected chi connectivity index (χ2v) is 6.14. The maximum atomic E-state index is 12.2. The Bertz CT molecular complexity index is 699. The molecule has 0 spiro atoms. The van der Waals surface area contributed by atoms with E-state index in [4.69, 9.17) is 9.47 Å². The first-order valence-corrected chi connectivity index (χ1v) is 7.96. The van der Waals surface area contributed by atoms with E-state index in [9.17, 15) is 8.42 Å². The molecule has 1 N–H and O–H groups in total. The zero-order valence-electron chi connectivity index (χ0n) is 11.9. The van der Waals surface area contributed by atoms with Crippen LogP contribution in [0.1, 0.15) is 5.56 Å². The van der Waals surface area contributed by atoms with Crippen LogP contribution in [0.2, 0.25) is 0 Å². The molecule has 0 aliphatic carbocycles. The molecule has 21 heavy (non-hydrogen) atoms. The van der Waals surface area contributed by atoms with Crippen molar-refractivity contribution in [2.75, 3.05) is 18.9 Å². The molecule has 0 atom stereocenters. The lowest BCUT2D eigenvalue weighted by molar-refractivity contribution is 0.395. The highest BCUT2D eigenvalue weighted by Gasteiger charge is 2.15. The molecule has 0 bridgehead atoms. The Labute approximate surface area is 124 Å². The highest BCUT2D eigenvalue weighted by molar-refractivity contribution is 7.91. The number of ether oxygens (including phenoxy) is 2. The Kier molecular flexibility index (Phi) is 4.70. The van der Waals surface area contributed by atoms with Gasteiger partial charge in [-0.3, -0.25) is 4.72 Å². The summed E-state index contributed by atoms with van der Waals surface area (Å²) in [5.41, 5.74) is 1.10. The van der Waals surface area contributed by atoms with Gasteiger partial charge in [0, 0.05) is 6.07 Å². The van der Waals surface area contributed by atoms with Crippen LogP contribution in [-0.4, -0.2) is 22.6 Å². The fraction of sp³-hybridized carbons (Fsp3) is 0.200. The Morgan fingerprint density at radius 3 is 2.33 bits per heavy atom. The van der Waals surface area contributed by atoms with Crippen molar-refractivity contribution in [3.05, 3.63) is 54.1 Å². The first-order valence-electron chi connectivity index (χ1n) is 6.30. The van der Waals surface area contributed by atoms with E-state index in [1.54, 1.807) is 42.5 Å². The van der Waals surface area contributed by atoms with Crippen LogP contribution in [-0.2, 0) is 15.8 Å². The largest absolute Gasteiger partial charge is 0.497 e. The molecule has 0 aliphatic heterocycles. The quantitative estimate of drug-likeness (QED) is 0.891. The highest BCUT2D eigenvalue weighted by Crippen LogP contribution is 2.30. The molecule has 0 amide bonds. The number of benzene rings is 2. The summed E-state index contributed by atoms with van der Waals surface area (Å²) in [5, 5.41) is 0. The maximum Gasteiger partial charge on any atom is 0.237 e. The van der Waals surface area contributed by atoms with Gasteiger partial charge in [0.2, 0.25) is 10.0 Å². The Morgan fingerprint density at radius 2 is 1.71 bits per heavy atom. The summed E-state index contributed by atoms with van der Waals surface area (Å²) in [4.78, 5) is 0. The molecule has 2 aromatic carbocycles. The minimum atomic E-state index is -3.51. The van der Waals surface area contributed by atoms with Crippen molar-refractivity contribution in [3.8, 4) is 11.5 Å². The number of hydrogen-bond donors (Lipinski definition) is 1. The highest BCUT2D eigenvalue weighted by atomic mass is 32.2. The Morgan fingerprint density at radius 1 is 1.00 bits per heavy atom. The third-order valence-electron chi connectivity index (χ3n) is 2.87. The summed E-state index contributed by atoms with van der Waals surface area (Å²) < 4.78 is 37.2. The molecule has 2 aromatic rings. The van der Waals surface area contributed by atoms with Gasteiger partial charge in [-0.25, -0.2) is 8.42 Å². The van der Waals surface area contributed by atoms with Crippen LogP contribution in [0.5, 0.6) is 11.5 Å². The average molecular weight is 307 g/mol. The van der Waals surface area contributed by atoms with Gasteiger partial charge in [-0.1, -0.05) is 30.3 Å². The second-order valence-electron chi connectivity index (χ2n) is 4.41. The van der Waals surface area contributed by atoms with Gasteiger partial charge in [-0.2, -0.15) is 0 Å². The summed E-state index contributed by atoms with van der Waals surface area (Å²) >= 11 is 0. The summed E-state index contributed by atoms with van der Waals surface area (Å²) in [6, 6.07) is 13.9. The summed E-state index contributed by atoms with van der Waals surface area (Å²) in [5.74, 6) is 0.909. The monoisotopic (exact) mass is 307 g/mol. The first-order chi connectivity index (χ1) is 10.0. The molecule has 6 heteroatoms. The van der Waals surface area contributed by atoms with Crippen molar-refractivity contribution >= 4 is 15.7 Å². The van der Waals surface area contributed by atoms with Crippen molar-refractivity contribution in [3.63, 3.8) is 0 Å². The van der Waals surface area contributed by atoms with E-state index in [0.717, 1.165) is 5.56 Å². The minimum absolute atomic E-state index is 0.0942. The number of methoxy groups -OCH3 is 2. The van der Waals surface area contributed by atoms with Gasteiger partial charge < -0.3 is 9.47 Å². The zero-order valence-corrected chi connectivity index (χ0v) is 12.7. The van der Waals surface area contributed by atoms with Crippen molar-refractivity contribution in [2.24, 2.45) is 0 Å². The fourth-order valence-electron chi connectivity index (χ4n) is 1.88. The Balaban J connectivity index is 2.20. The first kappa shape index (κ1) is 15.2. The molecule has 0 saturated carbocycles. The number of anilines is 1. The van der Waals surface area contributed by atoms with Crippen LogP contribution in [0.15, 0.2) is 48.5 Å². The third-order valence-corrected chi connectivity index (χ3v) is 4.12. The molecule has 112 valence electrons. The van der Waals surface area contributed by atoms with E-state index in [2.05, 4.69) is 4.72 Å². The van der Waals surface area contributed by atoms with Gasteiger partial charge in [0.15, 0.2) is 0 Å². The molecule has 0 saturated heterocycles. The number of nitrogens with one attached hydrogen (secondary N) is 1. The SMILES string of the molecule is COc1ccc(NS(=O)(=O)Cc2ccccc2)c(OC)c1. The van der Waals surface area contributed by atoms with E-state index in [1.165, 1.54) is 14.2 Å². The molecule has 0 fully saturated rings. The Hall–Kier alpha value is -2.21. The molecule has 2 rings (SSSR count). The summed E-state index contributed by atoms with van der Waals surface area (Å²) in [7, 11) is -0.499. The lowest BCUT2D eigenvalue weighted by atomic mass is 10.2. The lowest BCUT2D eigenvalue weighted by Crippen LogP contribution is -2.15. The van der Waals surface area contributed by atoms with Crippen LogP contribution in [0.3, 0.4) is 0 Å². The molecular weight excluding hydrogens is 290 g/mol. The molecule has 0 heterocycles. The molecule has 5 nitrogen and oxygen atoms in total. The number of rotatable bonds is 6. The number of sulfonamides is 1. The van der Waals surface area contributed by atoms with Crippen LogP contribution in [0.4, 0.5) is 5.69 Å². The molecule has 0 unspecified atom stereocenters. The predicted octanol–water partition coefficient (Wildman–Crippen LogP) is 2.65. The van der Waals surface area contributed by atoms with Gasteiger partial charge in [-0.05, 0) is 17.7 Å². The molecule has 0 aliphatic rings. The van der Waals surface area contributed by atoms with Gasteiger partial charge >= 0.3 is 0 Å². The molecule has 0 aromatic heterocycles. The van der Waals surface area contributed by atoms with Crippen LogP contribution >= 0.6 is 0 Å². The van der Waals surface area contributed by atoms with Gasteiger partial charge in [0.05, 0.1) is 25.7 Å². The normalized spacial score (nSPS) is 11.0. The molecule has 0 radical (unpaired) electrons. The van der Waals surface area contributed by atoms with Crippen molar-refractivity contribution in [1.29, 1.82) is 0 Å². The van der Waals surface area contributed by atoms with E-state index >= 15 is 0 Å². The zero-order chi connectivity index (χ0) is 15.3. The minimum Gasteiger partial charge on any atom is -0.497 e. The maximum absolute atomic E-state index is 12.2. The van der Waals surface area contributed by atoms with Crippen molar-refractivity contribution in [2.45, 2.75) is 5.75 Å². The lowest BCUT2D eigenvalue weighted by Gasteiger charge is -2.13. The number of hydrogen-bond acceptors (Lipinski definition) is 4. The van der Waals surface area contributed by atoms with Crippen LogP contribution in [0, 0.1) is 0 Å². The standard InChI is InChI=1S/C15H17NO4S/c1-19-13-8-9-14(15(10-13)20-2)16-21(17,18)11-12-6-4-3-5-7-12/h3-10,16H,11H2,1-2H3. The predicted molar refractivity (Wildman–Crippen MR) is 82.2 cm³/mol. The third kappa shape index (κ3) is 4.13. The summed E-state index contributed by atoms with van der Waals surface area (Å²) in [6.07, 6.45) is 0. The second kappa shape index (κ2) is 6.49. The average Bonchev–Trinajstić information content (AvgIpc) is 2.47. The fourth-order valence-corrected chi connectivity index (χ4v) is 3.09. The van der Waals surface area contributed by atoms with Gasteiger partial charge in [0.1, 0.15) is 11.5 Å². The topological polar surface area (TPSA) is 64.6 Å². The van der Waals surface area contributed by atoms with Crippen molar-refractivity contribution < 1.29 is 17.9 Å². The van der Waals surface area contributed by atoms with Gasteiger partial charge in [0.25, 0.3) is 0 Å². The van der Waals surface area contributed by atoms with E-state index in [0.29, 0.717) is 17.2 Å². The summed E-state index contributed by atoms with van der Waals surface area (Å²) in [6.45, 7) is 0. The van der Waals surface area contributed by atoms with E-state index < -0.39 is 10.0 Å². The smallest absolute Gasteiger partial charge is 0.237 e. The van der Waals surface area contributed by atoms with E-state index in [-0.39, 0.29) is 5.75 Å². The molecular formula is C15H17NO4S. The van der Waals surface area contributed by atoms with Crippen LogP contribution < -0.4 is 14.2 Å².